The van der Waals surface area contributed by atoms with E-state index in [9.17, 15) is 4.79 Å². The first-order valence-electron chi connectivity index (χ1n) is 6.79. The Hall–Kier alpha value is -1.71. The minimum Gasteiger partial charge on any atom is -0.485 e. The van der Waals surface area contributed by atoms with Gasteiger partial charge in [0.2, 0.25) is 5.60 Å². The van der Waals surface area contributed by atoms with Gasteiger partial charge in [-0.1, -0.05) is 12.1 Å². The minimum absolute atomic E-state index is 0.0464. The van der Waals surface area contributed by atoms with Gasteiger partial charge < -0.3 is 14.2 Å². The molecule has 102 valence electrons. The summed E-state index contributed by atoms with van der Waals surface area (Å²) in [6, 6.07) is 7.37. The van der Waals surface area contributed by atoms with Crippen LogP contribution in [-0.2, 0) is 9.53 Å². The van der Waals surface area contributed by atoms with E-state index in [1.165, 1.54) is 0 Å². The molecule has 1 aromatic carbocycles. The number of para-hydroxylation sites is 2. The number of esters is 1. The molecular formula is C15H18O4. The van der Waals surface area contributed by atoms with Crippen molar-refractivity contribution in [3.05, 3.63) is 24.3 Å². The highest BCUT2D eigenvalue weighted by atomic mass is 16.6. The van der Waals surface area contributed by atoms with Crippen LogP contribution >= 0.6 is 0 Å². The first kappa shape index (κ1) is 12.3. The van der Waals surface area contributed by atoms with Crippen LogP contribution in [0.25, 0.3) is 0 Å². The molecule has 1 aliphatic carbocycles. The zero-order chi connectivity index (χ0) is 13.3. The third kappa shape index (κ3) is 2.39. The standard InChI is InChI=1S/C15H18O4/c1-15(14(16)18-11-6-2-3-7-11)10-17-12-8-4-5-9-13(12)19-15/h4-5,8-9,11H,2-3,6-7,10H2,1H3. The Morgan fingerprint density at radius 1 is 1.26 bits per heavy atom. The molecule has 1 saturated carbocycles. The Morgan fingerprint density at radius 3 is 2.68 bits per heavy atom. The van der Waals surface area contributed by atoms with Crippen molar-refractivity contribution in [1.29, 1.82) is 0 Å². The summed E-state index contributed by atoms with van der Waals surface area (Å²) in [5, 5.41) is 0. The molecule has 0 aromatic heterocycles. The fraction of sp³-hybridized carbons (Fsp3) is 0.533. The number of hydrogen-bond donors (Lipinski definition) is 0. The Labute approximate surface area is 112 Å². The van der Waals surface area contributed by atoms with E-state index in [4.69, 9.17) is 14.2 Å². The third-order valence-electron chi connectivity index (χ3n) is 3.70. The number of carbonyl (C=O) groups is 1. The molecule has 1 aliphatic heterocycles. The highest BCUT2D eigenvalue weighted by Crippen LogP contribution is 2.35. The zero-order valence-electron chi connectivity index (χ0n) is 11.1. The topological polar surface area (TPSA) is 44.8 Å². The van der Waals surface area contributed by atoms with E-state index in [1.54, 1.807) is 13.0 Å². The Bertz CT molecular complexity index is 479. The molecule has 1 heterocycles. The van der Waals surface area contributed by atoms with Crippen LogP contribution in [0.2, 0.25) is 0 Å². The summed E-state index contributed by atoms with van der Waals surface area (Å²) in [5.74, 6) is 0.946. The maximum absolute atomic E-state index is 12.3. The van der Waals surface area contributed by atoms with Crippen LogP contribution in [0.1, 0.15) is 32.6 Å². The molecule has 0 radical (unpaired) electrons. The van der Waals surface area contributed by atoms with Crippen LogP contribution in [0.4, 0.5) is 0 Å². The van der Waals surface area contributed by atoms with E-state index in [0.29, 0.717) is 11.5 Å². The van der Waals surface area contributed by atoms with Crippen molar-refractivity contribution in [1.82, 2.24) is 0 Å². The summed E-state index contributed by atoms with van der Waals surface area (Å²) in [4.78, 5) is 12.3. The summed E-state index contributed by atoms with van der Waals surface area (Å²) < 4.78 is 16.9. The monoisotopic (exact) mass is 262 g/mol. The zero-order valence-corrected chi connectivity index (χ0v) is 11.1. The van der Waals surface area contributed by atoms with Crippen molar-refractivity contribution in [3.8, 4) is 11.5 Å². The number of ether oxygens (including phenoxy) is 3. The normalized spacial score (nSPS) is 26.2. The van der Waals surface area contributed by atoms with E-state index < -0.39 is 5.60 Å². The minimum atomic E-state index is -1.04. The molecule has 0 amide bonds. The summed E-state index contributed by atoms with van der Waals surface area (Å²) in [5.41, 5.74) is -1.04. The summed E-state index contributed by atoms with van der Waals surface area (Å²) in [7, 11) is 0. The van der Waals surface area contributed by atoms with Crippen LogP contribution in [0.15, 0.2) is 24.3 Å². The van der Waals surface area contributed by atoms with Gasteiger partial charge in [-0.05, 0) is 44.7 Å². The molecule has 0 bridgehead atoms. The van der Waals surface area contributed by atoms with Crippen molar-refractivity contribution in [3.63, 3.8) is 0 Å². The second-order valence-electron chi connectivity index (χ2n) is 5.38. The predicted octanol–water partition coefficient (Wildman–Crippen LogP) is 2.70. The fourth-order valence-corrected chi connectivity index (χ4v) is 2.52. The Morgan fingerprint density at radius 2 is 1.95 bits per heavy atom. The van der Waals surface area contributed by atoms with Gasteiger partial charge in [-0.2, -0.15) is 0 Å². The first-order chi connectivity index (χ1) is 9.17. The summed E-state index contributed by atoms with van der Waals surface area (Å²) in [6.07, 6.45) is 4.23. The lowest BCUT2D eigenvalue weighted by atomic mass is 10.1. The number of hydrogen-bond acceptors (Lipinski definition) is 4. The van der Waals surface area contributed by atoms with E-state index >= 15 is 0 Å². The maximum Gasteiger partial charge on any atom is 0.354 e. The van der Waals surface area contributed by atoms with Crippen LogP contribution in [-0.4, -0.2) is 24.3 Å². The van der Waals surface area contributed by atoms with E-state index in [2.05, 4.69) is 0 Å². The highest BCUT2D eigenvalue weighted by Gasteiger charge is 2.43. The van der Waals surface area contributed by atoms with Gasteiger partial charge in [0.25, 0.3) is 0 Å². The molecular weight excluding hydrogens is 244 g/mol. The first-order valence-corrected chi connectivity index (χ1v) is 6.79. The molecule has 4 heteroatoms. The quantitative estimate of drug-likeness (QED) is 0.769. The molecule has 3 rings (SSSR count). The molecule has 1 unspecified atom stereocenters. The second-order valence-corrected chi connectivity index (χ2v) is 5.38. The van der Waals surface area contributed by atoms with E-state index in [0.717, 1.165) is 25.7 Å². The third-order valence-corrected chi connectivity index (χ3v) is 3.70. The van der Waals surface area contributed by atoms with Gasteiger partial charge in [-0.15, -0.1) is 0 Å². The van der Waals surface area contributed by atoms with Gasteiger partial charge in [-0.25, -0.2) is 4.79 Å². The number of carbonyl (C=O) groups excluding carboxylic acids is 1. The molecule has 2 aliphatic rings. The lowest BCUT2D eigenvalue weighted by molar-refractivity contribution is -0.170. The van der Waals surface area contributed by atoms with Crippen molar-refractivity contribution >= 4 is 5.97 Å². The number of rotatable bonds is 2. The molecule has 19 heavy (non-hydrogen) atoms. The molecule has 4 nitrogen and oxygen atoms in total. The Balaban J connectivity index is 1.71. The summed E-state index contributed by atoms with van der Waals surface area (Å²) in [6.45, 7) is 1.91. The average molecular weight is 262 g/mol. The van der Waals surface area contributed by atoms with Crippen molar-refractivity contribution < 1.29 is 19.0 Å². The van der Waals surface area contributed by atoms with Crippen molar-refractivity contribution in [2.24, 2.45) is 0 Å². The number of fused-ring (bicyclic) bond motifs is 1. The lowest BCUT2D eigenvalue weighted by Gasteiger charge is -2.34. The SMILES string of the molecule is CC1(C(=O)OC2CCCC2)COc2ccccc2O1. The number of benzene rings is 1. The fourth-order valence-electron chi connectivity index (χ4n) is 2.52. The van der Waals surface area contributed by atoms with Crippen LogP contribution in [0.5, 0.6) is 11.5 Å². The van der Waals surface area contributed by atoms with Crippen molar-refractivity contribution in [2.75, 3.05) is 6.61 Å². The lowest BCUT2D eigenvalue weighted by Crippen LogP contribution is -2.50. The van der Waals surface area contributed by atoms with Gasteiger partial charge in [0.05, 0.1) is 0 Å². The van der Waals surface area contributed by atoms with Gasteiger partial charge in [0, 0.05) is 0 Å². The van der Waals surface area contributed by atoms with E-state index in [-0.39, 0.29) is 18.7 Å². The molecule has 0 N–H and O–H groups in total. The maximum atomic E-state index is 12.3. The second kappa shape index (κ2) is 4.76. The molecule has 0 spiro atoms. The Kier molecular flexibility index (Phi) is 3.09. The molecule has 0 saturated heterocycles. The highest BCUT2D eigenvalue weighted by molar-refractivity contribution is 5.80. The van der Waals surface area contributed by atoms with Gasteiger partial charge in [0.15, 0.2) is 11.5 Å². The summed E-state index contributed by atoms with van der Waals surface area (Å²) >= 11 is 0. The smallest absolute Gasteiger partial charge is 0.354 e. The van der Waals surface area contributed by atoms with Crippen LogP contribution < -0.4 is 9.47 Å². The predicted molar refractivity (Wildman–Crippen MR) is 69.3 cm³/mol. The average Bonchev–Trinajstić information content (AvgIpc) is 2.91. The molecule has 1 atom stereocenters. The molecule has 1 fully saturated rings. The van der Waals surface area contributed by atoms with Crippen molar-refractivity contribution in [2.45, 2.75) is 44.3 Å². The van der Waals surface area contributed by atoms with Gasteiger partial charge in [-0.3, -0.25) is 0 Å². The molecule has 1 aromatic rings. The largest absolute Gasteiger partial charge is 0.485 e. The van der Waals surface area contributed by atoms with Crippen LogP contribution in [0, 0.1) is 0 Å². The van der Waals surface area contributed by atoms with Crippen LogP contribution in [0.3, 0.4) is 0 Å². The van der Waals surface area contributed by atoms with E-state index in [1.807, 2.05) is 18.2 Å². The van der Waals surface area contributed by atoms with Gasteiger partial charge in [0.1, 0.15) is 12.7 Å². The van der Waals surface area contributed by atoms with Gasteiger partial charge >= 0.3 is 5.97 Å².